The lowest BCUT2D eigenvalue weighted by atomic mass is 10.2. The van der Waals surface area contributed by atoms with Gasteiger partial charge in [-0.1, -0.05) is 30.4 Å². The Labute approximate surface area is 72.2 Å². The highest BCUT2D eigenvalue weighted by Gasteiger charge is 1.83. The number of hydrogen-bond donors (Lipinski definition) is 0. The fourth-order valence-electron chi connectivity index (χ4n) is 0.543. The minimum Gasteiger partial charge on any atom is -0.123 e. The van der Waals surface area contributed by atoms with Crippen molar-refractivity contribution in [3.63, 3.8) is 0 Å². The van der Waals surface area contributed by atoms with Gasteiger partial charge in [0.2, 0.25) is 0 Å². The molecule has 0 heterocycles. The summed E-state index contributed by atoms with van der Waals surface area (Å²) in [6.45, 7) is 7.44. The lowest BCUT2D eigenvalue weighted by molar-refractivity contribution is 1.23. The summed E-state index contributed by atoms with van der Waals surface area (Å²) >= 11 is 0. The average molecular weight is 164 g/mol. The molecule has 0 aromatic rings. The average Bonchev–Trinajstić information content (AvgIpc) is 2.05. The third kappa shape index (κ3) is 5.29. The third-order valence-electron chi connectivity index (χ3n) is 1.15. The molecular formula is C9H12N2O. The monoisotopic (exact) mass is 164 g/mol. The van der Waals surface area contributed by atoms with E-state index in [1.807, 2.05) is 32.1 Å². The molecule has 0 aliphatic heterocycles. The van der Waals surface area contributed by atoms with Gasteiger partial charge >= 0.3 is 0 Å². The lowest BCUT2D eigenvalue weighted by Gasteiger charge is -1.88. The van der Waals surface area contributed by atoms with Gasteiger partial charge in [-0.2, -0.15) is 0 Å². The van der Waals surface area contributed by atoms with Crippen molar-refractivity contribution in [1.29, 1.82) is 0 Å². The zero-order chi connectivity index (χ0) is 9.40. The Bertz CT molecular complexity index is 249. The van der Waals surface area contributed by atoms with Crippen molar-refractivity contribution in [2.45, 2.75) is 13.8 Å². The normalized spacial score (nSPS) is 12.7. The first kappa shape index (κ1) is 10.5. The molecule has 0 aliphatic carbocycles. The molecule has 0 aromatic heterocycles. The van der Waals surface area contributed by atoms with Gasteiger partial charge in [0.05, 0.1) is 11.5 Å². The van der Waals surface area contributed by atoms with E-state index in [9.17, 15) is 4.91 Å². The van der Waals surface area contributed by atoms with E-state index in [1.165, 1.54) is 6.21 Å². The summed E-state index contributed by atoms with van der Waals surface area (Å²) < 4.78 is 0. The highest BCUT2D eigenvalue weighted by Crippen LogP contribution is 1.97. The van der Waals surface area contributed by atoms with Crippen LogP contribution in [0.1, 0.15) is 13.8 Å². The van der Waals surface area contributed by atoms with Crippen molar-refractivity contribution in [3.05, 3.63) is 40.9 Å². The molecule has 0 bridgehead atoms. The Balaban J connectivity index is 4.29. The number of allylic oxidation sites excluding steroid dienone is 5. The standard InChI is InChI=1S/C9H12N2O/c1-4-9(7-10-11-12)6-5-8(2)3/h4-7H,2H2,1,3H3/b6-5-,9-4+,10-7-. The van der Waals surface area contributed by atoms with E-state index in [1.54, 1.807) is 0 Å². The topological polar surface area (TPSA) is 41.8 Å². The molecule has 0 amide bonds. The van der Waals surface area contributed by atoms with Crippen LogP contribution in [0.15, 0.2) is 46.3 Å². The summed E-state index contributed by atoms with van der Waals surface area (Å²) in [5.41, 5.74) is 1.78. The molecule has 0 spiro atoms. The van der Waals surface area contributed by atoms with Crippen LogP contribution in [0.25, 0.3) is 0 Å². The Morgan fingerprint density at radius 1 is 1.42 bits per heavy atom. The number of hydrogen-bond acceptors (Lipinski definition) is 2. The van der Waals surface area contributed by atoms with Crippen LogP contribution in [-0.4, -0.2) is 6.21 Å². The molecule has 3 nitrogen and oxygen atoms in total. The van der Waals surface area contributed by atoms with Gasteiger partial charge in [0.1, 0.15) is 0 Å². The maximum Gasteiger partial charge on any atom is 0.0797 e. The molecule has 0 fully saturated rings. The molecule has 0 unspecified atom stereocenters. The van der Waals surface area contributed by atoms with Crippen LogP contribution in [0.2, 0.25) is 0 Å². The lowest BCUT2D eigenvalue weighted by Crippen LogP contribution is -1.77. The van der Waals surface area contributed by atoms with Crippen molar-refractivity contribution in [1.82, 2.24) is 0 Å². The summed E-state index contributed by atoms with van der Waals surface area (Å²) in [6.07, 6.45) is 6.88. The van der Waals surface area contributed by atoms with Crippen LogP contribution in [-0.2, 0) is 0 Å². The molecule has 64 valence electrons. The van der Waals surface area contributed by atoms with Gasteiger partial charge in [-0.15, -0.1) is 10.0 Å². The number of nitrogens with zero attached hydrogens (tertiary/aromatic N) is 2. The highest BCUT2D eigenvalue weighted by atomic mass is 16.3. The SMILES string of the molecule is C=C(C)\C=C/C(/C=N\N=O)=C\C. The molecule has 3 heteroatoms. The van der Waals surface area contributed by atoms with Crippen LogP contribution in [0, 0.1) is 4.91 Å². The van der Waals surface area contributed by atoms with Crippen LogP contribution in [0.4, 0.5) is 0 Å². The molecule has 0 rings (SSSR count). The predicted octanol–water partition coefficient (Wildman–Crippen LogP) is 2.82. The van der Waals surface area contributed by atoms with Crippen molar-refractivity contribution in [3.8, 4) is 0 Å². The molecular weight excluding hydrogens is 152 g/mol. The fourth-order valence-corrected chi connectivity index (χ4v) is 0.543. The van der Waals surface area contributed by atoms with E-state index in [0.29, 0.717) is 0 Å². The number of nitroso groups, excluding NO2 is 1. The minimum absolute atomic E-state index is 0.831. The van der Waals surface area contributed by atoms with Crippen LogP contribution < -0.4 is 0 Å². The van der Waals surface area contributed by atoms with E-state index in [0.717, 1.165) is 11.1 Å². The van der Waals surface area contributed by atoms with Crippen molar-refractivity contribution in [2.75, 3.05) is 0 Å². The first-order valence-corrected chi connectivity index (χ1v) is 3.56. The van der Waals surface area contributed by atoms with E-state index in [-0.39, 0.29) is 0 Å². The van der Waals surface area contributed by atoms with Gasteiger partial charge in [0, 0.05) is 0 Å². The third-order valence-corrected chi connectivity index (χ3v) is 1.15. The largest absolute Gasteiger partial charge is 0.123 e. The second-order valence-electron chi connectivity index (χ2n) is 2.29. The van der Waals surface area contributed by atoms with Gasteiger partial charge in [-0.3, -0.25) is 0 Å². The first-order valence-electron chi connectivity index (χ1n) is 3.56. The molecule has 0 N–H and O–H groups in total. The second kappa shape index (κ2) is 6.22. The Morgan fingerprint density at radius 2 is 2.08 bits per heavy atom. The summed E-state index contributed by atoms with van der Waals surface area (Å²) in [6, 6.07) is 0. The van der Waals surface area contributed by atoms with Crippen LogP contribution in [0.3, 0.4) is 0 Å². The molecule has 12 heavy (non-hydrogen) atoms. The quantitative estimate of drug-likeness (QED) is 0.272. The van der Waals surface area contributed by atoms with E-state index < -0.39 is 0 Å². The predicted molar refractivity (Wildman–Crippen MR) is 52.0 cm³/mol. The summed E-state index contributed by atoms with van der Waals surface area (Å²) in [4.78, 5) is 9.65. The van der Waals surface area contributed by atoms with E-state index in [2.05, 4.69) is 17.0 Å². The van der Waals surface area contributed by atoms with Crippen LogP contribution in [0.5, 0.6) is 0 Å². The number of rotatable bonds is 4. The molecule has 0 saturated carbocycles. The van der Waals surface area contributed by atoms with Crippen molar-refractivity contribution >= 4 is 6.21 Å². The summed E-state index contributed by atoms with van der Waals surface area (Å²) in [7, 11) is 0. The van der Waals surface area contributed by atoms with Gasteiger partial charge in [0.15, 0.2) is 0 Å². The fraction of sp³-hybridized carbons (Fsp3) is 0.222. The zero-order valence-corrected chi connectivity index (χ0v) is 7.32. The molecule has 0 atom stereocenters. The Hall–Kier alpha value is -1.51. The molecule has 0 aromatic carbocycles. The van der Waals surface area contributed by atoms with Gasteiger partial charge in [-0.25, -0.2) is 0 Å². The van der Waals surface area contributed by atoms with Gasteiger partial charge in [0.25, 0.3) is 0 Å². The van der Waals surface area contributed by atoms with Crippen molar-refractivity contribution < 1.29 is 0 Å². The smallest absolute Gasteiger partial charge is 0.0797 e. The van der Waals surface area contributed by atoms with Gasteiger partial charge < -0.3 is 0 Å². The highest BCUT2D eigenvalue weighted by molar-refractivity contribution is 5.82. The summed E-state index contributed by atoms with van der Waals surface area (Å²) in [5, 5.41) is 5.59. The Kier molecular flexibility index (Phi) is 5.43. The maximum absolute atomic E-state index is 9.65. The summed E-state index contributed by atoms with van der Waals surface area (Å²) in [5.74, 6) is 0. The van der Waals surface area contributed by atoms with E-state index in [4.69, 9.17) is 0 Å². The molecule has 0 radical (unpaired) electrons. The Morgan fingerprint density at radius 3 is 2.50 bits per heavy atom. The van der Waals surface area contributed by atoms with E-state index >= 15 is 0 Å². The zero-order valence-electron chi connectivity index (χ0n) is 7.32. The van der Waals surface area contributed by atoms with Gasteiger partial charge in [-0.05, 0) is 19.4 Å². The molecule has 0 aliphatic rings. The molecule has 0 saturated heterocycles. The second-order valence-corrected chi connectivity index (χ2v) is 2.29. The van der Waals surface area contributed by atoms with Crippen molar-refractivity contribution in [2.24, 2.45) is 10.4 Å². The first-order chi connectivity index (χ1) is 5.70. The maximum atomic E-state index is 9.65. The van der Waals surface area contributed by atoms with Crippen LogP contribution >= 0.6 is 0 Å². The minimum atomic E-state index is 0.831.